The molecule has 5 nitrogen and oxygen atoms in total. The number of primary amides is 1. The molecule has 1 amide bonds. The van der Waals surface area contributed by atoms with Crippen LogP contribution in [0.3, 0.4) is 0 Å². The van der Waals surface area contributed by atoms with Crippen LogP contribution >= 0.6 is 0 Å². The molecule has 0 aromatic heterocycles. The third-order valence-electron chi connectivity index (χ3n) is 5.83. The van der Waals surface area contributed by atoms with Crippen LogP contribution in [0.15, 0.2) is 42.5 Å². The SMILES string of the molecule is NC(=O)CCCC=CC[C@@H]1[C@@H](CCC(O)CCc2ccccc2)[C@H](O)C[C@@H]1O. The van der Waals surface area contributed by atoms with Crippen LogP contribution in [0.5, 0.6) is 0 Å². The van der Waals surface area contributed by atoms with Gasteiger partial charge in [0.1, 0.15) is 0 Å². The van der Waals surface area contributed by atoms with Crippen molar-refractivity contribution in [3.63, 3.8) is 0 Å². The fourth-order valence-corrected chi connectivity index (χ4v) is 4.18. The first kappa shape index (κ1) is 22.6. The number of nitrogens with two attached hydrogens (primary N) is 1. The molecule has 0 radical (unpaired) electrons. The number of hydrogen-bond acceptors (Lipinski definition) is 4. The molecule has 2 rings (SSSR count). The topological polar surface area (TPSA) is 104 Å². The summed E-state index contributed by atoms with van der Waals surface area (Å²) >= 11 is 0. The summed E-state index contributed by atoms with van der Waals surface area (Å²) in [6, 6.07) is 10.1. The van der Waals surface area contributed by atoms with Crippen molar-refractivity contribution in [3.05, 3.63) is 48.0 Å². The Labute approximate surface area is 168 Å². The largest absolute Gasteiger partial charge is 0.393 e. The summed E-state index contributed by atoms with van der Waals surface area (Å²) in [6.07, 6.45) is 8.58. The van der Waals surface area contributed by atoms with Crippen molar-refractivity contribution in [2.45, 2.75) is 76.1 Å². The maximum atomic E-state index is 10.7. The van der Waals surface area contributed by atoms with Gasteiger partial charge in [-0.25, -0.2) is 0 Å². The van der Waals surface area contributed by atoms with E-state index in [-0.39, 0.29) is 17.7 Å². The van der Waals surface area contributed by atoms with Crippen molar-refractivity contribution in [1.82, 2.24) is 0 Å². The summed E-state index contributed by atoms with van der Waals surface area (Å²) < 4.78 is 0. The number of rotatable bonds is 12. The molecule has 5 heteroatoms. The molecule has 0 saturated heterocycles. The highest BCUT2D eigenvalue weighted by atomic mass is 16.3. The zero-order valence-electron chi connectivity index (χ0n) is 16.6. The average molecular weight is 390 g/mol. The van der Waals surface area contributed by atoms with E-state index in [2.05, 4.69) is 12.1 Å². The van der Waals surface area contributed by atoms with E-state index in [0.29, 0.717) is 38.5 Å². The zero-order chi connectivity index (χ0) is 20.4. The van der Waals surface area contributed by atoms with Crippen molar-refractivity contribution < 1.29 is 20.1 Å². The smallest absolute Gasteiger partial charge is 0.217 e. The highest BCUT2D eigenvalue weighted by molar-refractivity contribution is 5.73. The predicted molar refractivity (Wildman–Crippen MR) is 110 cm³/mol. The minimum Gasteiger partial charge on any atom is -0.393 e. The monoisotopic (exact) mass is 389 g/mol. The molecule has 0 aliphatic heterocycles. The maximum absolute atomic E-state index is 10.7. The molecule has 28 heavy (non-hydrogen) atoms. The van der Waals surface area contributed by atoms with E-state index in [4.69, 9.17) is 5.73 Å². The second-order valence-corrected chi connectivity index (χ2v) is 8.02. The van der Waals surface area contributed by atoms with Crippen LogP contribution in [-0.2, 0) is 11.2 Å². The lowest BCUT2D eigenvalue weighted by Crippen LogP contribution is -2.23. The van der Waals surface area contributed by atoms with Gasteiger partial charge in [0.05, 0.1) is 18.3 Å². The van der Waals surface area contributed by atoms with E-state index in [1.807, 2.05) is 30.4 Å². The molecule has 1 unspecified atom stereocenters. The van der Waals surface area contributed by atoms with Crippen LogP contribution in [-0.4, -0.2) is 39.5 Å². The van der Waals surface area contributed by atoms with Gasteiger partial charge in [0.15, 0.2) is 0 Å². The Morgan fingerprint density at radius 2 is 1.82 bits per heavy atom. The lowest BCUT2D eigenvalue weighted by Gasteiger charge is -2.23. The summed E-state index contributed by atoms with van der Waals surface area (Å²) in [5, 5.41) is 31.0. The van der Waals surface area contributed by atoms with Gasteiger partial charge < -0.3 is 21.1 Å². The number of hydrogen-bond donors (Lipinski definition) is 4. The van der Waals surface area contributed by atoms with Crippen molar-refractivity contribution >= 4 is 5.91 Å². The van der Waals surface area contributed by atoms with Crippen molar-refractivity contribution in [2.75, 3.05) is 0 Å². The summed E-state index contributed by atoms with van der Waals surface area (Å²) in [5.41, 5.74) is 6.35. The lowest BCUT2D eigenvalue weighted by molar-refractivity contribution is -0.118. The molecule has 1 aliphatic rings. The van der Waals surface area contributed by atoms with E-state index in [9.17, 15) is 20.1 Å². The highest BCUT2D eigenvalue weighted by Gasteiger charge is 2.40. The minimum absolute atomic E-state index is 0.0108. The third kappa shape index (κ3) is 7.74. The molecular weight excluding hydrogens is 354 g/mol. The number of amides is 1. The Balaban J connectivity index is 1.74. The van der Waals surface area contributed by atoms with Gasteiger partial charge in [-0.1, -0.05) is 42.5 Å². The van der Waals surface area contributed by atoms with Crippen LogP contribution in [0.2, 0.25) is 0 Å². The number of aliphatic hydroxyl groups is 3. The molecule has 1 aromatic rings. The Bertz CT molecular complexity index is 604. The average Bonchev–Trinajstić information content (AvgIpc) is 2.94. The van der Waals surface area contributed by atoms with Crippen LogP contribution in [0, 0.1) is 11.8 Å². The first-order valence-electron chi connectivity index (χ1n) is 10.5. The standard InChI is InChI=1S/C23H35NO4/c24-23(28)11-7-2-1-6-10-19-20(22(27)16-21(19)26)15-14-18(25)13-12-17-8-4-3-5-9-17/h1,3-6,8-9,18-22,25-27H,2,7,10-16H2,(H2,24,28)/t18?,19-,20-,21+,22-/m1/s1. The Hall–Kier alpha value is -1.69. The molecule has 0 bridgehead atoms. The summed E-state index contributed by atoms with van der Waals surface area (Å²) in [6.45, 7) is 0. The van der Waals surface area contributed by atoms with Crippen LogP contribution in [0.4, 0.5) is 0 Å². The quantitative estimate of drug-likeness (QED) is 0.326. The highest BCUT2D eigenvalue weighted by Crippen LogP contribution is 2.38. The molecule has 1 fully saturated rings. The predicted octanol–water partition coefficient (Wildman–Crippen LogP) is 2.72. The van der Waals surface area contributed by atoms with Gasteiger partial charge >= 0.3 is 0 Å². The summed E-state index contributed by atoms with van der Waals surface area (Å²) in [5.74, 6) is -0.256. The molecule has 1 aromatic carbocycles. The number of aliphatic hydroxyl groups excluding tert-OH is 3. The van der Waals surface area contributed by atoms with E-state index in [1.54, 1.807) is 0 Å². The molecule has 5 atom stereocenters. The Morgan fingerprint density at radius 1 is 1.11 bits per heavy atom. The van der Waals surface area contributed by atoms with Crippen LogP contribution in [0.1, 0.15) is 56.9 Å². The molecular formula is C23H35NO4. The van der Waals surface area contributed by atoms with Gasteiger partial charge in [0.25, 0.3) is 0 Å². The molecule has 0 heterocycles. The Kier molecular flexibility index (Phi) is 9.68. The van der Waals surface area contributed by atoms with Gasteiger partial charge in [-0.2, -0.15) is 0 Å². The van der Waals surface area contributed by atoms with Crippen molar-refractivity contribution in [3.8, 4) is 0 Å². The molecule has 1 aliphatic carbocycles. The third-order valence-corrected chi connectivity index (χ3v) is 5.83. The number of benzene rings is 1. The molecule has 5 N–H and O–H groups in total. The van der Waals surface area contributed by atoms with Gasteiger partial charge in [-0.3, -0.25) is 4.79 Å². The lowest BCUT2D eigenvalue weighted by atomic mass is 9.85. The maximum Gasteiger partial charge on any atom is 0.217 e. The number of carbonyl (C=O) groups excluding carboxylic acids is 1. The van der Waals surface area contributed by atoms with E-state index in [1.165, 1.54) is 5.56 Å². The second kappa shape index (κ2) is 12.0. The van der Waals surface area contributed by atoms with Gasteiger partial charge in [0.2, 0.25) is 5.91 Å². The number of allylic oxidation sites excluding steroid dienone is 2. The number of carbonyl (C=O) groups is 1. The normalized spacial score (nSPS) is 26.0. The van der Waals surface area contributed by atoms with Gasteiger partial charge in [0, 0.05) is 6.42 Å². The first-order valence-corrected chi connectivity index (χ1v) is 10.5. The van der Waals surface area contributed by atoms with E-state index < -0.39 is 18.3 Å². The fourth-order valence-electron chi connectivity index (χ4n) is 4.18. The zero-order valence-corrected chi connectivity index (χ0v) is 16.6. The Morgan fingerprint density at radius 3 is 2.54 bits per heavy atom. The molecule has 156 valence electrons. The first-order chi connectivity index (χ1) is 13.5. The van der Waals surface area contributed by atoms with Gasteiger partial charge in [-0.05, 0) is 68.8 Å². The van der Waals surface area contributed by atoms with Crippen LogP contribution < -0.4 is 5.73 Å². The van der Waals surface area contributed by atoms with Crippen molar-refractivity contribution in [2.24, 2.45) is 17.6 Å². The fraction of sp³-hybridized carbons (Fsp3) is 0.609. The van der Waals surface area contributed by atoms with E-state index in [0.717, 1.165) is 19.3 Å². The summed E-state index contributed by atoms with van der Waals surface area (Å²) in [7, 11) is 0. The number of aryl methyl sites for hydroxylation is 1. The molecule has 1 saturated carbocycles. The van der Waals surface area contributed by atoms with Crippen molar-refractivity contribution in [1.29, 1.82) is 0 Å². The summed E-state index contributed by atoms with van der Waals surface area (Å²) in [4.78, 5) is 10.7. The van der Waals surface area contributed by atoms with Gasteiger partial charge in [-0.15, -0.1) is 0 Å². The van der Waals surface area contributed by atoms with Crippen LogP contribution in [0.25, 0.3) is 0 Å². The van der Waals surface area contributed by atoms with E-state index >= 15 is 0 Å². The minimum atomic E-state index is -0.510. The molecule has 0 spiro atoms. The number of unbranched alkanes of at least 4 members (excludes halogenated alkanes) is 1. The second-order valence-electron chi connectivity index (χ2n) is 8.02.